The van der Waals surface area contributed by atoms with Crippen molar-refractivity contribution in [3.05, 3.63) is 23.4 Å². The summed E-state index contributed by atoms with van der Waals surface area (Å²) < 4.78 is 0. The van der Waals surface area contributed by atoms with E-state index in [9.17, 15) is 0 Å². The maximum atomic E-state index is 5.86. The van der Waals surface area contributed by atoms with Crippen LogP contribution in [0.5, 0.6) is 0 Å². The van der Waals surface area contributed by atoms with E-state index in [1.165, 1.54) is 31.4 Å². The summed E-state index contributed by atoms with van der Waals surface area (Å²) in [5.74, 6) is 2.05. The molecule has 0 radical (unpaired) electrons. The fourth-order valence-electron chi connectivity index (χ4n) is 3.43. The number of rotatable bonds is 2. The Morgan fingerprint density at radius 2 is 2.11 bits per heavy atom. The maximum absolute atomic E-state index is 5.86. The molecule has 1 aliphatic heterocycles. The first kappa shape index (κ1) is 12.9. The van der Waals surface area contributed by atoms with Gasteiger partial charge in [-0.1, -0.05) is 20.8 Å². The standard InChI is InChI=1S/C16H25N3/c1-16(2,3)14-7-12(9-17)8-15(18-14)19-10-11-4-5-13(19)6-11/h7-8,11,13H,4-6,9-10,17H2,1-3H3. The first-order valence-corrected chi connectivity index (χ1v) is 7.45. The SMILES string of the molecule is CC(C)(C)c1cc(CN)cc(N2CC3CCC2C3)n1. The van der Waals surface area contributed by atoms with E-state index in [1.54, 1.807) is 0 Å². The molecule has 2 unspecified atom stereocenters. The zero-order valence-corrected chi connectivity index (χ0v) is 12.3. The molecule has 1 aromatic rings. The van der Waals surface area contributed by atoms with E-state index in [2.05, 4.69) is 37.8 Å². The first-order valence-electron chi connectivity index (χ1n) is 7.45. The van der Waals surface area contributed by atoms with Crippen LogP contribution in [0.3, 0.4) is 0 Å². The van der Waals surface area contributed by atoms with Crippen molar-refractivity contribution in [3.63, 3.8) is 0 Å². The lowest BCUT2D eigenvalue weighted by molar-refractivity contribution is 0.541. The van der Waals surface area contributed by atoms with Crippen molar-refractivity contribution >= 4 is 5.82 Å². The van der Waals surface area contributed by atoms with E-state index < -0.39 is 0 Å². The molecule has 104 valence electrons. The van der Waals surface area contributed by atoms with Crippen LogP contribution in [0.2, 0.25) is 0 Å². The Hall–Kier alpha value is -1.09. The fraction of sp³-hybridized carbons (Fsp3) is 0.688. The summed E-state index contributed by atoms with van der Waals surface area (Å²) in [5.41, 5.74) is 8.31. The molecule has 0 aromatic carbocycles. The summed E-state index contributed by atoms with van der Waals surface area (Å²) in [6.07, 6.45) is 4.10. The Morgan fingerprint density at radius 1 is 1.32 bits per heavy atom. The summed E-state index contributed by atoms with van der Waals surface area (Å²) in [6, 6.07) is 5.08. The highest BCUT2D eigenvalue weighted by molar-refractivity contribution is 5.47. The Balaban J connectivity index is 1.97. The number of pyridine rings is 1. The van der Waals surface area contributed by atoms with Gasteiger partial charge in [-0.3, -0.25) is 0 Å². The molecular weight excluding hydrogens is 234 g/mol. The van der Waals surface area contributed by atoms with Crippen molar-refractivity contribution < 1.29 is 0 Å². The summed E-state index contributed by atoms with van der Waals surface area (Å²) in [5, 5.41) is 0. The van der Waals surface area contributed by atoms with Gasteiger partial charge in [0, 0.05) is 30.2 Å². The van der Waals surface area contributed by atoms with Crippen molar-refractivity contribution in [1.29, 1.82) is 0 Å². The smallest absolute Gasteiger partial charge is 0.129 e. The van der Waals surface area contributed by atoms with E-state index in [-0.39, 0.29) is 5.41 Å². The molecule has 3 rings (SSSR count). The van der Waals surface area contributed by atoms with Crippen molar-refractivity contribution in [2.24, 2.45) is 11.7 Å². The average Bonchev–Trinajstić information content (AvgIpc) is 2.99. The van der Waals surface area contributed by atoms with Gasteiger partial charge in [-0.25, -0.2) is 4.98 Å². The molecule has 2 aliphatic rings. The van der Waals surface area contributed by atoms with Crippen LogP contribution in [0.25, 0.3) is 0 Å². The minimum atomic E-state index is 0.0820. The van der Waals surface area contributed by atoms with Gasteiger partial charge in [0.2, 0.25) is 0 Å². The Labute approximate surface area is 116 Å². The monoisotopic (exact) mass is 259 g/mol. The molecule has 1 saturated carbocycles. The highest BCUT2D eigenvalue weighted by Gasteiger charge is 2.38. The number of nitrogens with zero attached hydrogens (tertiary/aromatic N) is 2. The third-order valence-corrected chi connectivity index (χ3v) is 4.58. The molecule has 1 aliphatic carbocycles. The first-order chi connectivity index (χ1) is 8.97. The zero-order chi connectivity index (χ0) is 13.6. The van der Waals surface area contributed by atoms with Gasteiger partial charge in [0.05, 0.1) is 0 Å². The predicted octanol–water partition coefficient (Wildman–Crippen LogP) is 2.83. The number of hydrogen-bond donors (Lipinski definition) is 1. The van der Waals surface area contributed by atoms with Gasteiger partial charge in [-0.2, -0.15) is 0 Å². The Kier molecular flexibility index (Phi) is 3.05. The van der Waals surface area contributed by atoms with Crippen LogP contribution in [0.15, 0.2) is 12.1 Å². The summed E-state index contributed by atoms with van der Waals surface area (Å²) in [4.78, 5) is 7.44. The number of aromatic nitrogens is 1. The molecular formula is C16H25N3. The van der Waals surface area contributed by atoms with Crippen LogP contribution in [-0.2, 0) is 12.0 Å². The van der Waals surface area contributed by atoms with Gasteiger partial charge in [0.1, 0.15) is 5.82 Å². The van der Waals surface area contributed by atoms with E-state index in [0.29, 0.717) is 6.54 Å². The van der Waals surface area contributed by atoms with Crippen LogP contribution in [0.1, 0.15) is 51.3 Å². The fourth-order valence-corrected chi connectivity index (χ4v) is 3.43. The molecule has 0 spiro atoms. The van der Waals surface area contributed by atoms with Gasteiger partial charge >= 0.3 is 0 Å². The van der Waals surface area contributed by atoms with E-state index >= 15 is 0 Å². The van der Waals surface area contributed by atoms with Crippen LogP contribution < -0.4 is 10.6 Å². The summed E-state index contributed by atoms with van der Waals surface area (Å²) >= 11 is 0. The second kappa shape index (κ2) is 4.48. The molecule has 2 bridgehead atoms. The quantitative estimate of drug-likeness (QED) is 0.888. The molecule has 2 heterocycles. The summed E-state index contributed by atoms with van der Waals surface area (Å²) in [6.45, 7) is 8.44. The van der Waals surface area contributed by atoms with Crippen molar-refractivity contribution in [2.75, 3.05) is 11.4 Å². The molecule has 1 aromatic heterocycles. The number of anilines is 1. The van der Waals surface area contributed by atoms with Gasteiger partial charge in [-0.15, -0.1) is 0 Å². The van der Waals surface area contributed by atoms with E-state index in [4.69, 9.17) is 10.7 Å². The molecule has 2 atom stereocenters. The van der Waals surface area contributed by atoms with Crippen LogP contribution in [0.4, 0.5) is 5.82 Å². The van der Waals surface area contributed by atoms with E-state index in [0.717, 1.165) is 23.5 Å². The minimum absolute atomic E-state index is 0.0820. The maximum Gasteiger partial charge on any atom is 0.129 e. The number of fused-ring (bicyclic) bond motifs is 2. The number of nitrogens with two attached hydrogens (primary N) is 1. The van der Waals surface area contributed by atoms with Crippen LogP contribution in [0, 0.1) is 5.92 Å². The van der Waals surface area contributed by atoms with Crippen LogP contribution in [-0.4, -0.2) is 17.6 Å². The topological polar surface area (TPSA) is 42.1 Å². The molecule has 3 nitrogen and oxygen atoms in total. The highest BCUT2D eigenvalue weighted by atomic mass is 15.2. The van der Waals surface area contributed by atoms with Crippen molar-refractivity contribution in [1.82, 2.24) is 4.98 Å². The normalized spacial score (nSPS) is 26.2. The molecule has 2 N–H and O–H groups in total. The zero-order valence-electron chi connectivity index (χ0n) is 12.3. The van der Waals surface area contributed by atoms with Gasteiger partial charge in [0.15, 0.2) is 0 Å². The van der Waals surface area contributed by atoms with Gasteiger partial charge in [-0.05, 0) is 42.9 Å². The lowest BCUT2D eigenvalue weighted by Crippen LogP contribution is -2.33. The van der Waals surface area contributed by atoms with Crippen molar-refractivity contribution in [2.45, 2.75) is 58.0 Å². The third-order valence-electron chi connectivity index (χ3n) is 4.58. The minimum Gasteiger partial charge on any atom is -0.353 e. The second-order valence-electron chi connectivity index (χ2n) is 7.16. The third kappa shape index (κ3) is 2.36. The summed E-state index contributed by atoms with van der Waals surface area (Å²) in [7, 11) is 0. The van der Waals surface area contributed by atoms with Gasteiger partial charge in [0.25, 0.3) is 0 Å². The largest absolute Gasteiger partial charge is 0.353 e. The van der Waals surface area contributed by atoms with E-state index in [1.807, 2.05) is 0 Å². The molecule has 1 saturated heterocycles. The highest BCUT2D eigenvalue weighted by Crippen LogP contribution is 2.40. The average molecular weight is 259 g/mol. The predicted molar refractivity (Wildman–Crippen MR) is 79.3 cm³/mol. The molecule has 3 heteroatoms. The number of hydrogen-bond acceptors (Lipinski definition) is 3. The molecule has 2 fully saturated rings. The van der Waals surface area contributed by atoms with Crippen LogP contribution >= 0.6 is 0 Å². The second-order valence-corrected chi connectivity index (χ2v) is 7.16. The Bertz CT molecular complexity index is 475. The lowest BCUT2D eigenvalue weighted by Gasteiger charge is -2.30. The van der Waals surface area contributed by atoms with Crippen molar-refractivity contribution in [3.8, 4) is 0 Å². The Morgan fingerprint density at radius 3 is 2.63 bits per heavy atom. The van der Waals surface area contributed by atoms with Gasteiger partial charge < -0.3 is 10.6 Å². The lowest BCUT2D eigenvalue weighted by atomic mass is 9.90. The number of piperidine rings is 1. The molecule has 0 amide bonds. The molecule has 19 heavy (non-hydrogen) atoms.